The van der Waals surface area contributed by atoms with Crippen LogP contribution in [-0.4, -0.2) is 35.8 Å². The average molecular weight is 326 g/mol. The molecule has 5 nitrogen and oxygen atoms in total. The van der Waals surface area contributed by atoms with Crippen molar-refractivity contribution in [3.63, 3.8) is 0 Å². The first-order valence-corrected chi connectivity index (χ1v) is 7.89. The Balaban J connectivity index is 1.94. The molecule has 0 aliphatic carbocycles. The minimum atomic E-state index is -0.640. The van der Waals surface area contributed by atoms with E-state index in [9.17, 15) is 9.59 Å². The van der Waals surface area contributed by atoms with E-state index >= 15 is 0 Å². The third kappa shape index (κ3) is 4.84. The van der Waals surface area contributed by atoms with Gasteiger partial charge in [-0.2, -0.15) is 0 Å². The van der Waals surface area contributed by atoms with E-state index in [0.29, 0.717) is 13.1 Å². The highest BCUT2D eigenvalue weighted by molar-refractivity contribution is 5.95. The number of hydrogen-bond donors (Lipinski definition) is 1. The summed E-state index contributed by atoms with van der Waals surface area (Å²) in [5.41, 5.74) is 1.16. The number of rotatable bonds is 8. The predicted octanol–water partition coefficient (Wildman–Crippen LogP) is 2.66. The number of nitrogens with zero attached hydrogens (tertiary/aromatic N) is 1. The smallest absolute Gasteiger partial charge is 0.287 e. The summed E-state index contributed by atoms with van der Waals surface area (Å²) in [7, 11) is 0. The van der Waals surface area contributed by atoms with Crippen LogP contribution in [0.2, 0.25) is 0 Å². The van der Waals surface area contributed by atoms with Crippen LogP contribution in [0.25, 0.3) is 0 Å². The van der Waals surface area contributed by atoms with E-state index in [4.69, 9.17) is 4.42 Å². The minimum absolute atomic E-state index is 0.147. The first-order chi connectivity index (χ1) is 11.6. The molecule has 0 fully saturated rings. The van der Waals surface area contributed by atoms with E-state index in [-0.39, 0.29) is 11.7 Å². The van der Waals surface area contributed by atoms with Crippen LogP contribution in [0.5, 0.6) is 0 Å². The molecule has 24 heavy (non-hydrogen) atoms. The lowest BCUT2D eigenvalue weighted by atomic mass is 10.1. The summed E-state index contributed by atoms with van der Waals surface area (Å²) in [6.45, 7) is 6.37. The molecule has 0 spiro atoms. The van der Waals surface area contributed by atoms with Gasteiger partial charge in [0.25, 0.3) is 5.91 Å². The van der Waals surface area contributed by atoms with Gasteiger partial charge in [0.05, 0.1) is 6.26 Å². The van der Waals surface area contributed by atoms with Crippen LogP contribution < -0.4 is 5.32 Å². The van der Waals surface area contributed by atoms with Crippen LogP contribution in [-0.2, 0) is 11.2 Å². The van der Waals surface area contributed by atoms with Crippen molar-refractivity contribution < 1.29 is 14.0 Å². The van der Waals surface area contributed by atoms with Crippen LogP contribution in [0, 0.1) is 0 Å². The summed E-state index contributed by atoms with van der Waals surface area (Å²) in [4.78, 5) is 26.3. The molecule has 2 rings (SSSR count). The fraction of sp³-hybridized carbons (Fsp3) is 0.263. The Bertz CT molecular complexity index is 665. The van der Waals surface area contributed by atoms with E-state index in [0.717, 1.165) is 12.0 Å². The van der Waals surface area contributed by atoms with Crippen molar-refractivity contribution in [2.24, 2.45) is 0 Å². The Hall–Kier alpha value is -2.82. The maximum Gasteiger partial charge on any atom is 0.287 e. The summed E-state index contributed by atoms with van der Waals surface area (Å²) in [6.07, 6.45) is 3.86. The van der Waals surface area contributed by atoms with Crippen molar-refractivity contribution in [2.75, 3.05) is 13.1 Å². The van der Waals surface area contributed by atoms with Gasteiger partial charge in [-0.1, -0.05) is 36.4 Å². The highest BCUT2D eigenvalue weighted by Crippen LogP contribution is 2.05. The third-order valence-corrected chi connectivity index (χ3v) is 3.64. The van der Waals surface area contributed by atoms with Gasteiger partial charge in [0.15, 0.2) is 5.76 Å². The topological polar surface area (TPSA) is 62.6 Å². The highest BCUT2D eigenvalue weighted by Gasteiger charge is 2.22. The fourth-order valence-electron chi connectivity index (χ4n) is 2.37. The van der Waals surface area contributed by atoms with Crippen LogP contribution in [0.15, 0.2) is 65.8 Å². The summed E-state index contributed by atoms with van der Waals surface area (Å²) >= 11 is 0. The molecule has 0 saturated heterocycles. The van der Waals surface area contributed by atoms with Gasteiger partial charge in [0.1, 0.15) is 6.04 Å². The lowest BCUT2D eigenvalue weighted by Gasteiger charge is -2.25. The number of carbonyl (C=O) groups is 2. The number of amides is 2. The number of nitrogens with one attached hydrogen (secondary N) is 1. The highest BCUT2D eigenvalue weighted by atomic mass is 16.3. The Kier molecular flexibility index (Phi) is 6.37. The van der Waals surface area contributed by atoms with Gasteiger partial charge in [0.2, 0.25) is 5.91 Å². The molecule has 0 radical (unpaired) electrons. The molecule has 126 valence electrons. The Labute approximate surface area is 142 Å². The van der Waals surface area contributed by atoms with Gasteiger partial charge in [-0.3, -0.25) is 9.59 Å². The number of furan rings is 1. The average Bonchev–Trinajstić information content (AvgIpc) is 3.13. The Morgan fingerprint density at radius 1 is 1.25 bits per heavy atom. The number of hydrogen-bond acceptors (Lipinski definition) is 3. The lowest BCUT2D eigenvalue weighted by Crippen LogP contribution is -2.47. The zero-order valence-corrected chi connectivity index (χ0v) is 13.8. The quantitative estimate of drug-likeness (QED) is 0.759. The monoisotopic (exact) mass is 326 g/mol. The molecule has 0 aliphatic heterocycles. The third-order valence-electron chi connectivity index (χ3n) is 3.64. The molecule has 2 amide bonds. The molecule has 1 unspecified atom stereocenters. The first kappa shape index (κ1) is 17.5. The van der Waals surface area contributed by atoms with E-state index < -0.39 is 11.9 Å². The molecule has 1 N–H and O–H groups in total. The van der Waals surface area contributed by atoms with E-state index in [1.165, 1.54) is 6.26 Å². The normalized spacial score (nSPS) is 11.5. The molecule has 0 bridgehead atoms. The van der Waals surface area contributed by atoms with Crippen molar-refractivity contribution in [2.45, 2.75) is 19.4 Å². The van der Waals surface area contributed by atoms with E-state index in [1.807, 2.05) is 30.3 Å². The largest absolute Gasteiger partial charge is 0.459 e. The number of carbonyl (C=O) groups excluding carboxylic acids is 2. The molecule has 2 aromatic rings. The second-order valence-electron chi connectivity index (χ2n) is 5.48. The van der Waals surface area contributed by atoms with Crippen molar-refractivity contribution >= 4 is 11.8 Å². The van der Waals surface area contributed by atoms with Crippen LogP contribution in [0.3, 0.4) is 0 Å². The summed E-state index contributed by atoms with van der Waals surface area (Å²) < 4.78 is 5.04. The van der Waals surface area contributed by atoms with Crippen LogP contribution >= 0.6 is 0 Å². The molecule has 1 aromatic carbocycles. The SMILES string of the molecule is C=CCN(CCc1ccccc1)C(=O)C(C)NC(=O)c1ccco1. The van der Waals surface area contributed by atoms with Gasteiger partial charge >= 0.3 is 0 Å². The van der Waals surface area contributed by atoms with Crippen molar-refractivity contribution in [3.05, 3.63) is 72.7 Å². The molecule has 1 aromatic heterocycles. The van der Waals surface area contributed by atoms with Crippen LogP contribution in [0.1, 0.15) is 23.0 Å². The minimum Gasteiger partial charge on any atom is -0.459 e. The van der Waals surface area contributed by atoms with Crippen LogP contribution in [0.4, 0.5) is 0 Å². The molecule has 0 saturated carbocycles. The van der Waals surface area contributed by atoms with E-state index in [1.54, 1.807) is 30.0 Å². The standard InChI is InChI=1S/C19H22N2O3/c1-3-12-21(13-11-16-8-5-4-6-9-16)19(23)15(2)20-18(22)17-10-7-14-24-17/h3-10,14-15H,1,11-13H2,2H3,(H,20,22). The molecule has 1 atom stereocenters. The predicted molar refractivity (Wildman–Crippen MR) is 92.6 cm³/mol. The van der Waals surface area contributed by atoms with Crippen molar-refractivity contribution in [3.8, 4) is 0 Å². The maximum absolute atomic E-state index is 12.6. The van der Waals surface area contributed by atoms with E-state index in [2.05, 4.69) is 11.9 Å². The number of benzene rings is 1. The second-order valence-corrected chi connectivity index (χ2v) is 5.48. The van der Waals surface area contributed by atoms with Crippen molar-refractivity contribution in [1.29, 1.82) is 0 Å². The molecule has 5 heteroatoms. The molecular formula is C19H22N2O3. The van der Waals surface area contributed by atoms with Crippen molar-refractivity contribution in [1.82, 2.24) is 10.2 Å². The molecular weight excluding hydrogens is 304 g/mol. The Morgan fingerprint density at radius 2 is 2.00 bits per heavy atom. The van der Waals surface area contributed by atoms with Gasteiger partial charge in [-0.05, 0) is 31.0 Å². The summed E-state index contributed by atoms with van der Waals surface area (Å²) in [5, 5.41) is 2.66. The second kappa shape index (κ2) is 8.72. The zero-order chi connectivity index (χ0) is 17.4. The molecule has 0 aliphatic rings. The van der Waals surface area contributed by atoms with Gasteiger partial charge < -0.3 is 14.6 Å². The fourth-order valence-corrected chi connectivity index (χ4v) is 2.37. The zero-order valence-electron chi connectivity index (χ0n) is 13.8. The maximum atomic E-state index is 12.6. The lowest BCUT2D eigenvalue weighted by molar-refractivity contribution is -0.132. The molecule has 1 heterocycles. The summed E-state index contributed by atoms with van der Waals surface area (Å²) in [5.74, 6) is -0.359. The van der Waals surface area contributed by atoms with Gasteiger partial charge in [-0.15, -0.1) is 6.58 Å². The van der Waals surface area contributed by atoms with Gasteiger partial charge in [-0.25, -0.2) is 0 Å². The van der Waals surface area contributed by atoms with Gasteiger partial charge in [0, 0.05) is 13.1 Å². The Morgan fingerprint density at radius 3 is 2.62 bits per heavy atom. The first-order valence-electron chi connectivity index (χ1n) is 7.89. The summed E-state index contributed by atoms with van der Waals surface area (Å²) in [6, 6.07) is 12.5.